The van der Waals surface area contributed by atoms with Crippen molar-refractivity contribution in [1.82, 2.24) is 10.2 Å². The van der Waals surface area contributed by atoms with Gasteiger partial charge in [-0.3, -0.25) is 13.9 Å². The van der Waals surface area contributed by atoms with E-state index in [1.807, 2.05) is 0 Å². The molecule has 0 spiro atoms. The smallest absolute Gasteiger partial charge is 0.417 e. The summed E-state index contributed by atoms with van der Waals surface area (Å²) in [5.41, 5.74) is -1.07. The van der Waals surface area contributed by atoms with E-state index in [1.165, 1.54) is 43.2 Å². The summed E-state index contributed by atoms with van der Waals surface area (Å²) in [5.74, 6) is -0.707. The Morgan fingerprint density at radius 1 is 1.00 bits per heavy atom. The highest BCUT2D eigenvalue weighted by Crippen LogP contribution is 2.38. The molecule has 0 unspecified atom stereocenters. The second kappa shape index (κ2) is 14.6. The number of methoxy groups -OCH3 is 1. The number of benzene rings is 3. The molecule has 0 aliphatic heterocycles. The standard InChI is InChI=1S/C32H35ClF3N3O5S/c1-22(31(41)37-24-11-5-3-6-12-24)38(20-23-10-9-13-26(18-23)44-2)30(40)21-39(45(42,43)27-14-7-4-8-15-27)25-16-17-29(33)28(19-25)32(34,35)36/h4,7-10,13-19,22,24H,3,5-6,11-12,20-21H2,1-2H3,(H,37,41)/t22-/m0/s1. The Kier molecular flexibility index (Phi) is 11.0. The third-order valence-corrected chi connectivity index (χ3v) is 9.88. The highest BCUT2D eigenvalue weighted by molar-refractivity contribution is 7.92. The molecular weight excluding hydrogens is 631 g/mol. The van der Waals surface area contributed by atoms with Gasteiger partial charge in [0.25, 0.3) is 10.0 Å². The maximum absolute atomic E-state index is 14.1. The summed E-state index contributed by atoms with van der Waals surface area (Å²) in [4.78, 5) is 28.5. The first-order valence-corrected chi connectivity index (χ1v) is 16.3. The third kappa shape index (κ3) is 8.49. The number of carbonyl (C=O) groups excluding carboxylic acids is 2. The van der Waals surface area contributed by atoms with Gasteiger partial charge in [-0.05, 0) is 67.8 Å². The number of rotatable bonds is 11. The molecule has 3 aromatic rings. The van der Waals surface area contributed by atoms with Crippen molar-refractivity contribution in [2.24, 2.45) is 0 Å². The zero-order chi connectivity index (χ0) is 32.8. The minimum absolute atomic E-state index is 0.0488. The van der Waals surface area contributed by atoms with Crippen LogP contribution in [0.3, 0.4) is 0 Å². The zero-order valence-electron chi connectivity index (χ0n) is 24.9. The van der Waals surface area contributed by atoms with E-state index in [4.69, 9.17) is 16.3 Å². The van der Waals surface area contributed by atoms with Gasteiger partial charge < -0.3 is 15.0 Å². The van der Waals surface area contributed by atoms with Crippen molar-refractivity contribution in [3.8, 4) is 5.75 Å². The largest absolute Gasteiger partial charge is 0.497 e. The van der Waals surface area contributed by atoms with Gasteiger partial charge in [-0.1, -0.05) is 61.2 Å². The topological polar surface area (TPSA) is 96.0 Å². The molecule has 1 saturated carbocycles. The normalized spacial score (nSPS) is 14.8. The van der Waals surface area contributed by atoms with E-state index in [9.17, 15) is 31.2 Å². The highest BCUT2D eigenvalue weighted by Gasteiger charge is 2.37. The van der Waals surface area contributed by atoms with Crippen molar-refractivity contribution in [3.05, 3.63) is 88.9 Å². The van der Waals surface area contributed by atoms with Crippen LogP contribution in [0.5, 0.6) is 5.75 Å². The molecule has 1 fully saturated rings. The van der Waals surface area contributed by atoms with Gasteiger partial charge in [0.2, 0.25) is 11.8 Å². The molecule has 13 heteroatoms. The molecule has 0 saturated heterocycles. The lowest BCUT2D eigenvalue weighted by Gasteiger charge is -2.33. The second-order valence-corrected chi connectivity index (χ2v) is 13.1. The number of anilines is 1. The highest BCUT2D eigenvalue weighted by atomic mass is 35.5. The van der Waals surface area contributed by atoms with Crippen LogP contribution in [-0.4, -0.2) is 50.9 Å². The molecule has 3 aromatic carbocycles. The summed E-state index contributed by atoms with van der Waals surface area (Å²) in [7, 11) is -3.07. The van der Waals surface area contributed by atoms with E-state index in [0.29, 0.717) is 21.7 Å². The number of carbonyl (C=O) groups is 2. The molecule has 0 heterocycles. The van der Waals surface area contributed by atoms with Crippen LogP contribution in [0.15, 0.2) is 77.7 Å². The molecule has 4 rings (SSSR count). The summed E-state index contributed by atoms with van der Waals surface area (Å²) < 4.78 is 75.1. The lowest BCUT2D eigenvalue weighted by molar-refractivity contribution is -0.139. The fourth-order valence-corrected chi connectivity index (χ4v) is 6.90. The van der Waals surface area contributed by atoms with E-state index in [2.05, 4.69) is 5.32 Å². The third-order valence-electron chi connectivity index (χ3n) is 7.76. The number of hydrogen-bond acceptors (Lipinski definition) is 5. The van der Waals surface area contributed by atoms with E-state index >= 15 is 0 Å². The molecule has 2 amide bonds. The molecule has 0 radical (unpaired) electrons. The van der Waals surface area contributed by atoms with Crippen molar-refractivity contribution in [2.75, 3.05) is 18.0 Å². The Bertz CT molecular complexity index is 1600. The number of amides is 2. The zero-order valence-corrected chi connectivity index (χ0v) is 26.5. The van der Waals surface area contributed by atoms with Crippen LogP contribution in [0.2, 0.25) is 5.02 Å². The van der Waals surface area contributed by atoms with E-state index in [0.717, 1.165) is 44.2 Å². The van der Waals surface area contributed by atoms with E-state index in [-0.39, 0.29) is 17.5 Å². The van der Waals surface area contributed by atoms with Crippen LogP contribution >= 0.6 is 11.6 Å². The predicted molar refractivity (Wildman–Crippen MR) is 165 cm³/mol. The van der Waals surface area contributed by atoms with Gasteiger partial charge in [0.1, 0.15) is 18.3 Å². The van der Waals surface area contributed by atoms with Gasteiger partial charge in [0.05, 0.1) is 28.3 Å². The number of ether oxygens (including phenoxy) is 1. The van der Waals surface area contributed by atoms with Gasteiger partial charge in [-0.2, -0.15) is 13.2 Å². The monoisotopic (exact) mass is 665 g/mol. The molecule has 1 aliphatic rings. The van der Waals surface area contributed by atoms with Crippen molar-refractivity contribution < 1.29 is 35.9 Å². The fourth-order valence-electron chi connectivity index (χ4n) is 5.25. The van der Waals surface area contributed by atoms with E-state index < -0.39 is 56.9 Å². The van der Waals surface area contributed by atoms with Crippen molar-refractivity contribution in [1.29, 1.82) is 0 Å². The minimum Gasteiger partial charge on any atom is -0.497 e. The quantitative estimate of drug-likeness (QED) is 0.255. The summed E-state index contributed by atoms with van der Waals surface area (Å²) in [6, 6.07) is 15.4. The Morgan fingerprint density at radius 2 is 1.69 bits per heavy atom. The average molecular weight is 666 g/mol. The van der Waals surface area contributed by atoms with Crippen molar-refractivity contribution in [2.45, 2.75) is 68.7 Å². The number of nitrogens with zero attached hydrogens (tertiary/aromatic N) is 2. The van der Waals surface area contributed by atoms with Gasteiger partial charge in [-0.15, -0.1) is 0 Å². The van der Waals surface area contributed by atoms with Crippen molar-refractivity contribution >= 4 is 39.1 Å². The molecule has 1 atom stereocenters. The van der Waals surface area contributed by atoms with Crippen molar-refractivity contribution in [3.63, 3.8) is 0 Å². The fraction of sp³-hybridized carbons (Fsp3) is 0.375. The molecule has 45 heavy (non-hydrogen) atoms. The Labute approximate surface area is 266 Å². The summed E-state index contributed by atoms with van der Waals surface area (Å²) in [6.07, 6.45) is -0.247. The lowest BCUT2D eigenvalue weighted by Crippen LogP contribution is -2.53. The first kappa shape index (κ1) is 34.1. The van der Waals surface area contributed by atoms with Crippen LogP contribution in [-0.2, 0) is 32.3 Å². The van der Waals surface area contributed by atoms with Gasteiger partial charge in [-0.25, -0.2) is 8.42 Å². The minimum atomic E-state index is -4.89. The Balaban J connectivity index is 1.74. The molecular formula is C32H35ClF3N3O5S. The maximum Gasteiger partial charge on any atom is 0.417 e. The van der Waals surface area contributed by atoms with E-state index in [1.54, 1.807) is 30.3 Å². The summed E-state index contributed by atoms with van der Waals surface area (Å²) in [6.45, 7) is 0.556. The predicted octanol–water partition coefficient (Wildman–Crippen LogP) is 6.43. The molecule has 1 N–H and O–H groups in total. The molecule has 1 aliphatic carbocycles. The first-order chi connectivity index (χ1) is 21.3. The molecule has 242 valence electrons. The number of halogens is 4. The van der Waals surface area contributed by atoms with Crippen LogP contribution in [0.4, 0.5) is 18.9 Å². The number of sulfonamides is 1. The number of hydrogen-bond donors (Lipinski definition) is 1. The molecule has 0 bridgehead atoms. The number of alkyl halides is 3. The SMILES string of the molecule is COc1cccc(CN(C(=O)CN(c2ccc(Cl)c(C(F)(F)F)c2)S(=O)(=O)c2ccccc2)[C@@H](C)C(=O)NC2CCCCC2)c1. The van der Waals surface area contributed by atoms with Crippen LogP contribution < -0.4 is 14.4 Å². The number of nitrogens with one attached hydrogen (secondary N) is 1. The average Bonchev–Trinajstić information content (AvgIpc) is 3.02. The summed E-state index contributed by atoms with van der Waals surface area (Å²) in [5, 5.41) is 2.38. The maximum atomic E-state index is 14.1. The molecule has 0 aromatic heterocycles. The Hall–Kier alpha value is -3.77. The van der Waals surface area contributed by atoms with Crippen LogP contribution in [0.25, 0.3) is 0 Å². The Morgan fingerprint density at radius 3 is 2.33 bits per heavy atom. The second-order valence-electron chi connectivity index (χ2n) is 10.9. The van der Waals surface area contributed by atoms with Crippen LogP contribution in [0, 0.1) is 0 Å². The summed E-state index contributed by atoms with van der Waals surface area (Å²) >= 11 is 5.83. The van der Waals surface area contributed by atoms with Gasteiger partial charge >= 0.3 is 6.18 Å². The van der Waals surface area contributed by atoms with Gasteiger partial charge in [0.15, 0.2) is 0 Å². The first-order valence-electron chi connectivity index (χ1n) is 14.5. The van der Waals surface area contributed by atoms with Crippen LogP contribution in [0.1, 0.15) is 50.2 Å². The molecule has 8 nitrogen and oxygen atoms in total. The lowest BCUT2D eigenvalue weighted by atomic mass is 9.95. The van der Waals surface area contributed by atoms with Gasteiger partial charge in [0, 0.05) is 12.6 Å².